The molecule has 0 saturated heterocycles. The van der Waals surface area contributed by atoms with E-state index in [0.29, 0.717) is 22.6 Å². The van der Waals surface area contributed by atoms with Crippen LogP contribution in [0.2, 0.25) is 0 Å². The predicted octanol–water partition coefficient (Wildman–Crippen LogP) is 2.90. The van der Waals surface area contributed by atoms with Crippen molar-refractivity contribution in [2.45, 2.75) is 6.04 Å². The van der Waals surface area contributed by atoms with E-state index < -0.39 is 11.9 Å². The van der Waals surface area contributed by atoms with Crippen molar-refractivity contribution in [2.24, 2.45) is 5.73 Å². The van der Waals surface area contributed by atoms with Gasteiger partial charge in [-0.1, -0.05) is 24.3 Å². The van der Waals surface area contributed by atoms with E-state index in [4.69, 9.17) is 19.9 Å². The van der Waals surface area contributed by atoms with Gasteiger partial charge in [-0.2, -0.15) is 0 Å². The summed E-state index contributed by atoms with van der Waals surface area (Å²) in [4.78, 5) is 0. The van der Waals surface area contributed by atoms with Crippen LogP contribution in [0, 0.1) is 5.82 Å². The number of nitrogens with two attached hydrogens (primary N) is 1. The monoisotopic (exact) mass is 291 g/mol. The Balaban J connectivity index is 2.52. The van der Waals surface area contributed by atoms with Gasteiger partial charge in [0.15, 0.2) is 23.1 Å². The predicted molar refractivity (Wildman–Crippen MR) is 78.5 cm³/mol. The van der Waals surface area contributed by atoms with E-state index in [2.05, 4.69) is 0 Å². The van der Waals surface area contributed by atoms with Gasteiger partial charge in [-0.05, 0) is 12.1 Å². The molecule has 0 aliphatic carbocycles. The fraction of sp³-hybridized carbons (Fsp3) is 0.250. The summed E-state index contributed by atoms with van der Waals surface area (Å²) >= 11 is 0. The fourth-order valence-electron chi connectivity index (χ4n) is 2.25. The second kappa shape index (κ2) is 6.45. The molecule has 2 aromatic carbocycles. The minimum atomic E-state index is -0.690. The Morgan fingerprint density at radius 1 is 0.857 bits per heavy atom. The summed E-state index contributed by atoms with van der Waals surface area (Å²) in [6, 6.07) is 9.51. The van der Waals surface area contributed by atoms with E-state index in [1.807, 2.05) is 0 Å². The molecule has 0 bridgehead atoms. The maximum Gasteiger partial charge on any atom is 0.170 e. The molecule has 5 heteroatoms. The molecule has 0 spiro atoms. The fourth-order valence-corrected chi connectivity index (χ4v) is 2.25. The molecule has 21 heavy (non-hydrogen) atoms. The highest BCUT2D eigenvalue weighted by Crippen LogP contribution is 2.37. The summed E-state index contributed by atoms with van der Waals surface area (Å²) in [5.41, 5.74) is 7.19. The molecule has 0 saturated carbocycles. The van der Waals surface area contributed by atoms with Crippen molar-refractivity contribution in [3.8, 4) is 17.2 Å². The van der Waals surface area contributed by atoms with Crippen LogP contribution in [0.15, 0.2) is 36.4 Å². The highest BCUT2D eigenvalue weighted by Gasteiger charge is 2.21. The SMILES string of the molecule is COc1cccc(C(N)c2cccc(OC)c2OC)c1F. The summed E-state index contributed by atoms with van der Waals surface area (Å²) < 4.78 is 29.9. The van der Waals surface area contributed by atoms with E-state index in [0.717, 1.165) is 0 Å². The minimum absolute atomic E-state index is 0.157. The largest absolute Gasteiger partial charge is 0.494 e. The Hall–Kier alpha value is -2.27. The molecule has 0 aromatic heterocycles. The first-order valence-corrected chi connectivity index (χ1v) is 6.42. The highest BCUT2D eigenvalue weighted by molar-refractivity contribution is 5.51. The third-order valence-corrected chi connectivity index (χ3v) is 3.32. The summed E-state index contributed by atoms with van der Waals surface area (Å²) in [7, 11) is 4.48. The molecule has 1 atom stereocenters. The van der Waals surface area contributed by atoms with Crippen LogP contribution in [-0.2, 0) is 0 Å². The molecule has 2 aromatic rings. The van der Waals surface area contributed by atoms with Crippen LogP contribution in [0.25, 0.3) is 0 Å². The molecule has 0 heterocycles. The number of para-hydroxylation sites is 1. The lowest BCUT2D eigenvalue weighted by atomic mass is 9.97. The smallest absolute Gasteiger partial charge is 0.170 e. The van der Waals surface area contributed by atoms with Crippen molar-refractivity contribution in [3.63, 3.8) is 0 Å². The Kier molecular flexibility index (Phi) is 4.65. The molecule has 0 aliphatic rings. The zero-order valence-corrected chi connectivity index (χ0v) is 12.2. The van der Waals surface area contributed by atoms with E-state index >= 15 is 0 Å². The lowest BCUT2D eigenvalue weighted by Gasteiger charge is -2.19. The van der Waals surface area contributed by atoms with Crippen molar-refractivity contribution >= 4 is 0 Å². The van der Waals surface area contributed by atoms with Crippen molar-refractivity contribution in [1.82, 2.24) is 0 Å². The average molecular weight is 291 g/mol. The third-order valence-electron chi connectivity index (χ3n) is 3.32. The number of rotatable bonds is 5. The zero-order valence-electron chi connectivity index (χ0n) is 12.2. The summed E-state index contributed by atoms with van der Waals surface area (Å²) in [6.07, 6.45) is 0. The van der Waals surface area contributed by atoms with Crippen LogP contribution in [0.4, 0.5) is 4.39 Å². The second-order valence-corrected chi connectivity index (χ2v) is 4.42. The number of benzene rings is 2. The van der Waals surface area contributed by atoms with Crippen molar-refractivity contribution < 1.29 is 18.6 Å². The number of hydrogen-bond acceptors (Lipinski definition) is 4. The summed E-state index contributed by atoms with van der Waals surface area (Å²) in [5.74, 6) is 0.727. The minimum Gasteiger partial charge on any atom is -0.494 e. The van der Waals surface area contributed by atoms with Gasteiger partial charge in [0.1, 0.15) is 0 Å². The van der Waals surface area contributed by atoms with Crippen LogP contribution in [0.5, 0.6) is 17.2 Å². The molecule has 112 valence electrons. The van der Waals surface area contributed by atoms with Crippen molar-refractivity contribution in [2.75, 3.05) is 21.3 Å². The zero-order chi connectivity index (χ0) is 15.4. The Morgan fingerprint density at radius 3 is 2.00 bits per heavy atom. The second-order valence-electron chi connectivity index (χ2n) is 4.42. The number of hydrogen-bond donors (Lipinski definition) is 1. The molecule has 0 aliphatic heterocycles. The van der Waals surface area contributed by atoms with Crippen LogP contribution in [0.3, 0.4) is 0 Å². The van der Waals surface area contributed by atoms with Crippen molar-refractivity contribution in [3.05, 3.63) is 53.3 Å². The molecule has 1 unspecified atom stereocenters. The molecular weight excluding hydrogens is 273 g/mol. The number of halogens is 1. The van der Waals surface area contributed by atoms with Crippen LogP contribution < -0.4 is 19.9 Å². The van der Waals surface area contributed by atoms with E-state index in [9.17, 15) is 4.39 Å². The van der Waals surface area contributed by atoms with Gasteiger partial charge in [0.25, 0.3) is 0 Å². The summed E-state index contributed by atoms with van der Waals surface area (Å²) in [6.45, 7) is 0. The van der Waals surface area contributed by atoms with E-state index in [1.165, 1.54) is 14.2 Å². The van der Waals surface area contributed by atoms with Crippen LogP contribution >= 0.6 is 0 Å². The molecular formula is C16H18FNO3. The Morgan fingerprint density at radius 2 is 1.43 bits per heavy atom. The van der Waals surface area contributed by atoms with Gasteiger partial charge < -0.3 is 19.9 Å². The normalized spacial score (nSPS) is 11.9. The number of ether oxygens (including phenoxy) is 3. The molecule has 2 rings (SSSR count). The molecule has 0 amide bonds. The van der Waals surface area contributed by atoms with Gasteiger partial charge >= 0.3 is 0 Å². The van der Waals surface area contributed by atoms with Gasteiger partial charge in [-0.3, -0.25) is 0 Å². The van der Waals surface area contributed by atoms with Gasteiger partial charge in [-0.25, -0.2) is 4.39 Å². The Labute approximate surface area is 123 Å². The molecule has 0 radical (unpaired) electrons. The van der Waals surface area contributed by atoms with Gasteiger partial charge in [0, 0.05) is 11.1 Å². The molecule has 4 nitrogen and oxygen atoms in total. The Bertz CT molecular complexity index is 631. The maximum absolute atomic E-state index is 14.4. The topological polar surface area (TPSA) is 53.7 Å². The van der Waals surface area contributed by atoms with Gasteiger partial charge in [0.2, 0.25) is 0 Å². The summed E-state index contributed by atoms with van der Waals surface area (Å²) in [5, 5.41) is 0. The maximum atomic E-state index is 14.4. The lowest BCUT2D eigenvalue weighted by molar-refractivity contribution is 0.350. The lowest BCUT2D eigenvalue weighted by Crippen LogP contribution is -2.15. The first-order valence-electron chi connectivity index (χ1n) is 6.42. The van der Waals surface area contributed by atoms with Gasteiger partial charge in [-0.15, -0.1) is 0 Å². The van der Waals surface area contributed by atoms with Crippen molar-refractivity contribution in [1.29, 1.82) is 0 Å². The number of methoxy groups -OCH3 is 3. The van der Waals surface area contributed by atoms with E-state index in [1.54, 1.807) is 43.5 Å². The first kappa shape index (κ1) is 15.1. The average Bonchev–Trinajstić information content (AvgIpc) is 2.53. The third kappa shape index (κ3) is 2.78. The standard InChI is InChI=1S/C16H18FNO3/c1-19-12-8-4-6-10(14(12)17)15(18)11-7-5-9-13(20-2)16(11)21-3/h4-9,15H,18H2,1-3H3. The van der Waals surface area contributed by atoms with E-state index in [-0.39, 0.29) is 5.75 Å². The van der Waals surface area contributed by atoms with Crippen LogP contribution in [0.1, 0.15) is 17.2 Å². The molecule has 2 N–H and O–H groups in total. The van der Waals surface area contributed by atoms with Gasteiger partial charge in [0.05, 0.1) is 27.4 Å². The highest BCUT2D eigenvalue weighted by atomic mass is 19.1. The van der Waals surface area contributed by atoms with Crippen LogP contribution in [-0.4, -0.2) is 21.3 Å². The first-order chi connectivity index (χ1) is 10.1. The quantitative estimate of drug-likeness (QED) is 0.920. The molecule has 0 fully saturated rings.